The fourth-order valence-electron chi connectivity index (χ4n) is 4.63. The maximum atomic E-state index is 13.8. The number of rotatable bonds is 8. The number of benzene rings is 1. The Morgan fingerprint density at radius 2 is 1.77 bits per heavy atom. The number of hydrogen-bond donors (Lipinski definition) is 1. The van der Waals surface area contributed by atoms with Crippen LogP contribution in [0.25, 0.3) is 11.3 Å². The Labute approximate surface area is 257 Å². The molecule has 4 aromatic rings. The van der Waals surface area contributed by atoms with Gasteiger partial charge in [-0.05, 0) is 12.1 Å². The third kappa shape index (κ3) is 6.96. The smallest absolute Gasteiger partial charge is 0.254 e. The zero-order chi connectivity index (χ0) is 30.7. The Morgan fingerprint density at radius 1 is 1.05 bits per heavy atom. The summed E-state index contributed by atoms with van der Waals surface area (Å²) in [6, 6.07) is 15.3. The lowest BCUT2D eigenvalue weighted by atomic mass is 9.96. The van der Waals surface area contributed by atoms with Crippen LogP contribution in [0, 0.1) is 5.41 Å². The molecule has 0 aliphatic carbocycles. The highest BCUT2D eigenvalue weighted by Gasteiger charge is 2.29. The van der Waals surface area contributed by atoms with E-state index in [4.69, 9.17) is 16.3 Å². The van der Waals surface area contributed by atoms with E-state index in [1.807, 2.05) is 6.07 Å². The summed E-state index contributed by atoms with van der Waals surface area (Å²) in [6.45, 7) is 7.28. The number of nitrogens with zero attached hydrogens (tertiary/aromatic N) is 4. The lowest BCUT2D eigenvalue weighted by molar-refractivity contribution is -0.135. The first-order chi connectivity index (χ1) is 20.5. The van der Waals surface area contributed by atoms with E-state index in [2.05, 4.69) is 10.4 Å². The van der Waals surface area contributed by atoms with Gasteiger partial charge in [-0.15, -0.1) is 11.3 Å². The van der Waals surface area contributed by atoms with Crippen LogP contribution in [0.15, 0.2) is 65.6 Å². The molecule has 1 N–H and O–H groups in total. The molecule has 1 aliphatic rings. The van der Waals surface area contributed by atoms with Gasteiger partial charge >= 0.3 is 0 Å². The van der Waals surface area contributed by atoms with Crippen molar-refractivity contribution in [2.24, 2.45) is 5.41 Å². The molecule has 0 unspecified atom stereocenters. The van der Waals surface area contributed by atoms with Gasteiger partial charge in [-0.25, -0.2) is 0 Å². The fourth-order valence-corrected chi connectivity index (χ4v) is 5.66. The van der Waals surface area contributed by atoms with Crippen molar-refractivity contribution in [3.05, 3.63) is 91.5 Å². The highest BCUT2D eigenvalue weighted by atomic mass is 35.5. The highest BCUT2D eigenvalue weighted by Crippen LogP contribution is 2.30. The Kier molecular flexibility index (Phi) is 8.95. The van der Waals surface area contributed by atoms with Crippen molar-refractivity contribution in [1.82, 2.24) is 19.2 Å². The molecule has 5 rings (SSSR count). The van der Waals surface area contributed by atoms with Crippen LogP contribution in [0.1, 0.15) is 46.4 Å². The molecule has 3 aromatic heterocycles. The predicted octanol–water partition coefficient (Wildman–Crippen LogP) is 4.81. The third-order valence-electron chi connectivity index (χ3n) is 6.97. The topological polar surface area (TPSA) is 116 Å². The normalized spacial score (nSPS) is 13.6. The van der Waals surface area contributed by atoms with Crippen molar-refractivity contribution in [3.63, 3.8) is 0 Å². The number of nitrogens with one attached hydrogen (secondary N) is 1. The van der Waals surface area contributed by atoms with E-state index >= 15 is 0 Å². The fraction of sp³-hybridized carbons (Fsp3) is 0.323. The summed E-state index contributed by atoms with van der Waals surface area (Å²) in [5.74, 6) is -0.450. The summed E-state index contributed by atoms with van der Waals surface area (Å²) in [6.07, 6.45) is 1.41. The van der Waals surface area contributed by atoms with Crippen molar-refractivity contribution in [2.75, 3.05) is 31.6 Å². The van der Waals surface area contributed by atoms with E-state index in [1.165, 1.54) is 32.8 Å². The van der Waals surface area contributed by atoms with Crippen molar-refractivity contribution in [3.8, 4) is 11.3 Å². The maximum absolute atomic E-state index is 13.8. The Hall–Kier alpha value is -4.06. The predicted molar refractivity (Wildman–Crippen MR) is 166 cm³/mol. The number of ketones is 1. The van der Waals surface area contributed by atoms with Crippen LogP contribution in [-0.4, -0.2) is 63.1 Å². The molecular formula is C31H32ClN5O5S. The molecule has 1 aromatic carbocycles. The van der Waals surface area contributed by atoms with E-state index in [9.17, 15) is 19.2 Å². The summed E-state index contributed by atoms with van der Waals surface area (Å²) in [7, 11) is 0. The lowest BCUT2D eigenvalue weighted by Crippen LogP contribution is -2.43. The number of morpholine rings is 1. The Balaban J connectivity index is 1.58. The second kappa shape index (κ2) is 12.7. The van der Waals surface area contributed by atoms with Gasteiger partial charge < -0.3 is 19.5 Å². The molecule has 0 radical (unpaired) electrons. The Morgan fingerprint density at radius 3 is 2.42 bits per heavy atom. The number of carbonyl (C=O) groups excluding carboxylic acids is 3. The molecule has 0 spiro atoms. The van der Waals surface area contributed by atoms with E-state index in [-0.39, 0.29) is 41.0 Å². The van der Waals surface area contributed by atoms with Gasteiger partial charge in [0.15, 0.2) is 5.78 Å². The molecular weight excluding hydrogens is 590 g/mol. The average molecular weight is 622 g/mol. The summed E-state index contributed by atoms with van der Waals surface area (Å²) in [4.78, 5) is 56.2. The molecule has 1 saturated heterocycles. The second-order valence-electron chi connectivity index (χ2n) is 11.2. The van der Waals surface area contributed by atoms with Crippen LogP contribution in [0.5, 0.6) is 0 Å². The molecule has 12 heteroatoms. The minimum atomic E-state index is -0.766. The third-order valence-corrected chi connectivity index (χ3v) is 8.20. The number of hydrogen-bond acceptors (Lipinski definition) is 8. The van der Waals surface area contributed by atoms with Crippen molar-refractivity contribution < 1.29 is 19.1 Å². The van der Waals surface area contributed by atoms with Crippen molar-refractivity contribution in [2.45, 2.75) is 33.9 Å². The van der Waals surface area contributed by atoms with Gasteiger partial charge in [0, 0.05) is 58.4 Å². The summed E-state index contributed by atoms with van der Waals surface area (Å²) < 4.78 is 8.49. The first-order valence-corrected chi connectivity index (χ1v) is 15.0. The second-order valence-corrected chi connectivity index (χ2v) is 13.0. The number of anilines is 1. The minimum Gasteiger partial charge on any atom is -0.378 e. The van der Waals surface area contributed by atoms with Gasteiger partial charge in [0.05, 0.1) is 29.8 Å². The van der Waals surface area contributed by atoms with Gasteiger partial charge in [-0.1, -0.05) is 62.7 Å². The number of thiophene rings is 1. The molecule has 0 saturated carbocycles. The Bertz CT molecular complexity index is 1710. The zero-order valence-electron chi connectivity index (χ0n) is 24.1. The average Bonchev–Trinajstić information content (AvgIpc) is 3.62. The van der Waals surface area contributed by atoms with Crippen LogP contribution in [0.2, 0.25) is 4.34 Å². The van der Waals surface area contributed by atoms with E-state index < -0.39 is 11.0 Å². The largest absolute Gasteiger partial charge is 0.378 e. The number of aromatic nitrogens is 3. The summed E-state index contributed by atoms with van der Waals surface area (Å²) in [5, 5.41) is 7.86. The van der Waals surface area contributed by atoms with Crippen LogP contribution >= 0.6 is 22.9 Å². The number of carbonyl (C=O) groups is 3. The molecule has 0 bridgehead atoms. The molecule has 4 heterocycles. The monoisotopic (exact) mass is 621 g/mol. The number of ether oxygens (including phenoxy) is 1. The molecule has 224 valence electrons. The lowest BCUT2D eigenvalue weighted by Gasteiger charge is -2.27. The molecule has 10 nitrogen and oxygen atoms in total. The van der Waals surface area contributed by atoms with E-state index in [1.54, 1.807) is 68.1 Å². The van der Waals surface area contributed by atoms with E-state index in [0.29, 0.717) is 48.6 Å². The molecule has 1 aliphatic heterocycles. The standard InChI is InChI=1S/C31H32ClN5O5S/c1-31(2,3)30(41)37-26(33-17-21-9-10-25(32)43-21)16-24(34-37)22-15-27(38)36(19-28(39)35-11-13-42-14-12-35)18-23(22)29(40)20-7-5-4-6-8-20/h4-10,15-16,18,33H,11-14,17,19H2,1-3H3. The number of halogens is 1. The van der Waals surface area contributed by atoms with Crippen LogP contribution in [-0.2, 0) is 22.6 Å². The quantitative estimate of drug-likeness (QED) is 0.281. The van der Waals surface area contributed by atoms with Gasteiger partial charge in [-0.3, -0.25) is 19.2 Å². The van der Waals surface area contributed by atoms with Gasteiger partial charge in [0.1, 0.15) is 12.4 Å². The first-order valence-electron chi connectivity index (χ1n) is 13.8. The maximum Gasteiger partial charge on any atom is 0.254 e. The number of pyridine rings is 1. The summed E-state index contributed by atoms with van der Waals surface area (Å²) in [5.41, 5.74) is -0.112. The number of amides is 1. The van der Waals surface area contributed by atoms with Crippen LogP contribution in [0.3, 0.4) is 0 Å². The molecule has 0 atom stereocenters. The zero-order valence-corrected chi connectivity index (χ0v) is 25.7. The van der Waals surface area contributed by atoms with Gasteiger partial charge in [0.25, 0.3) is 11.5 Å². The van der Waals surface area contributed by atoms with Crippen molar-refractivity contribution in [1.29, 1.82) is 0 Å². The molecule has 1 amide bonds. The van der Waals surface area contributed by atoms with Crippen LogP contribution in [0.4, 0.5) is 5.82 Å². The van der Waals surface area contributed by atoms with Gasteiger partial charge in [-0.2, -0.15) is 9.78 Å². The molecule has 1 fully saturated rings. The van der Waals surface area contributed by atoms with E-state index in [0.717, 1.165) is 4.88 Å². The summed E-state index contributed by atoms with van der Waals surface area (Å²) >= 11 is 7.51. The highest BCUT2D eigenvalue weighted by molar-refractivity contribution is 7.16. The van der Waals surface area contributed by atoms with Crippen molar-refractivity contribution >= 4 is 46.4 Å². The van der Waals surface area contributed by atoms with Gasteiger partial charge in [0.2, 0.25) is 5.91 Å². The van der Waals surface area contributed by atoms with Crippen LogP contribution < -0.4 is 10.9 Å². The molecule has 43 heavy (non-hydrogen) atoms. The minimum absolute atomic E-state index is 0.185. The first kappa shape index (κ1) is 30.4. The SMILES string of the molecule is CC(C)(C)C(=O)n1nc(-c2cc(=O)n(CC(=O)N3CCOCC3)cc2C(=O)c2ccccc2)cc1NCc1ccc(Cl)s1.